The van der Waals surface area contributed by atoms with Crippen LogP contribution in [0.1, 0.15) is 12.0 Å². The Balaban J connectivity index is 1.55. The van der Waals surface area contributed by atoms with Gasteiger partial charge in [0.05, 0.1) is 14.2 Å². The molecule has 1 aliphatic heterocycles. The number of amides is 3. The molecule has 7 heteroatoms. The molecule has 1 heterocycles. The molecule has 0 aliphatic carbocycles. The summed E-state index contributed by atoms with van der Waals surface area (Å²) in [7, 11) is 3.20. The van der Waals surface area contributed by atoms with Gasteiger partial charge in [-0.05, 0) is 48.4 Å². The van der Waals surface area contributed by atoms with Crippen molar-refractivity contribution in [3.63, 3.8) is 0 Å². The van der Waals surface area contributed by atoms with Crippen LogP contribution in [-0.2, 0) is 11.2 Å². The summed E-state index contributed by atoms with van der Waals surface area (Å²) in [6, 6.07) is 12.7. The highest BCUT2D eigenvalue weighted by Crippen LogP contribution is 2.24. The Morgan fingerprint density at radius 3 is 2.33 bits per heavy atom. The zero-order chi connectivity index (χ0) is 19.2. The first-order valence-electron chi connectivity index (χ1n) is 8.76. The number of nitrogens with one attached hydrogen (secondary N) is 2. The molecule has 2 aromatic carbocycles. The third-order valence-corrected chi connectivity index (χ3v) is 4.37. The summed E-state index contributed by atoms with van der Waals surface area (Å²) in [4.78, 5) is 25.6. The summed E-state index contributed by atoms with van der Waals surface area (Å²) in [5.41, 5.74) is 2.48. The van der Waals surface area contributed by atoms with Gasteiger partial charge >= 0.3 is 6.03 Å². The normalized spacial score (nSPS) is 13.3. The second-order valence-electron chi connectivity index (χ2n) is 6.20. The Kier molecular flexibility index (Phi) is 5.80. The Labute approximate surface area is 158 Å². The predicted molar refractivity (Wildman–Crippen MR) is 104 cm³/mol. The van der Waals surface area contributed by atoms with E-state index >= 15 is 0 Å². The van der Waals surface area contributed by atoms with Crippen molar-refractivity contribution in [1.82, 2.24) is 5.32 Å². The number of nitrogens with zero attached hydrogens (tertiary/aromatic N) is 1. The minimum Gasteiger partial charge on any atom is -0.497 e. The number of benzene rings is 2. The first-order chi connectivity index (χ1) is 13.1. The topological polar surface area (TPSA) is 79.9 Å². The molecule has 1 fully saturated rings. The van der Waals surface area contributed by atoms with Crippen LogP contribution in [0, 0.1) is 0 Å². The third kappa shape index (κ3) is 4.69. The van der Waals surface area contributed by atoms with E-state index in [9.17, 15) is 9.59 Å². The quantitative estimate of drug-likeness (QED) is 0.787. The summed E-state index contributed by atoms with van der Waals surface area (Å²) >= 11 is 0. The van der Waals surface area contributed by atoms with Gasteiger partial charge in [0.25, 0.3) is 0 Å². The lowest BCUT2D eigenvalue weighted by Crippen LogP contribution is -2.27. The number of aryl methyl sites for hydroxylation is 1. The van der Waals surface area contributed by atoms with Gasteiger partial charge in [0.1, 0.15) is 11.5 Å². The predicted octanol–water partition coefficient (Wildman–Crippen LogP) is 2.80. The summed E-state index contributed by atoms with van der Waals surface area (Å²) in [6.07, 6.45) is 0.915. The van der Waals surface area contributed by atoms with Crippen LogP contribution in [0.15, 0.2) is 42.5 Å². The van der Waals surface area contributed by atoms with E-state index in [4.69, 9.17) is 9.47 Å². The second-order valence-corrected chi connectivity index (χ2v) is 6.20. The monoisotopic (exact) mass is 369 g/mol. The van der Waals surface area contributed by atoms with Crippen molar-refractivity contribution < 1.29 is 19.1 Å². The Morgan fingerprint density at radius 2 is 1.78 bits per heavy atom. The molecule has 0 spiro atoms. The van der Waals surface area contributed by atoms with E-state index in [-0.39, 0.29) is 11.9 Å². The van der Waals surface area contributed by atoms with E-state index in [0.717, 1.165) is 11.3 Å². The van der Waals surface area contributed by atoms with E-state index in [1.807, 2.05) is 24.3 Å². The molecule has 0 bridgehead atoms. The van der Waals surface area contributed by atoms with Crippen LogP contribution >= 0.6 is 0 Å². The zero-order valence-electron chi connectivity index (χ0n) is 15.5. The average Bonchev–Trinajstić information content (AvgIpc) is 3.12. The maximum absolute atomic E-state index is 12.2. The second kappa shape index (κ2) is 8.44. The van der Waals surface area contributed by atoms with Gasteiger partial charge in [0, 0.05) is 37.0 Å². The molecule has 1 saturated heterocycles. The van der Waals surface area contributed by atoms with Crippen molar-refractivity contribution in [3.8, 4) is 11.5 Å². The van der Waals surface area contributed by atoms with Crippen LogP contribution in [0.4, 0.5) is 16.2 Å². The first-order valence-corrected chi connectivity index (χ1v) is 8.76. The van der Waals surface area contributed by atoms with Crippen LogP contribution in [0.3, 0.4) is 0 Å². The molecule has 0 atom stereocenters. The fourth-order valence-electron chi connectivity index (χ4n) is 2.93. The molecule has 27 heavy (non-hydrogen) atoms. The molecule has 142 valence electrons. The Bertz CT molecular complexity index is 798. The van der Waals surface area contributed by atoms with Crippen molar-refractivity contribution in [2.24, 2.45) is 0 Å². The van der Waals surface area contributed by atoms with Crippen molar-refractivity contribution in [1.29, 1.82) is 0 Å². The molecule has 0 aromatic heterocycles. The number of hydrogen-bond acceptors (Lipinski definition) is 4. The summed E-state index contributed by atoms with van der Waals surface area (Å²) in [6.45, 7) is 1.29. The molecule has 2 N–H and O–H groups in total. The lowest BCUT2D eigenvalue weighted by Gasteiger charge is -2.14. The van der Waals surface area contributed by atoms with Crippen LogP contribution in [-0.4, -0.2) is 39.2 Å². The SMILES string of the molecule is COc1cc(CCC(=O)Nc2ccc(N3CCNC3=O)cc2)cc(OC)c1. The fraction of sp³-hybridized carbons (Fsp3) is 0.300. The molecule has 3 amide bonds. The van der Waals surface area contributed by atoms with E-state index in [0.29, 0.717) is 43.1 Å². The molecule has 3 rings (SSSR count). The largest absolute Gasteiger partial charge is 0.497 e. The number of ether oxygens (including phenoxy) is 2. The summed E-state index contributed by atoms with van der Waals surface area (Å²) < 4.78 is 10.5. The van der Waals surface area contributed by atoms with Crippen LogP contribution < -0.4 is 25.0 Å². The summed E-state index contributed by atoms with van der Waals surface area (Å²) in [5, 5.41) is 5.64. The number of urea groups is 1. The van der Waals surface area contributed by atoms with Gasteiger partial charge in [0.15, 0.2) is 0 Å². The van der Waals surface area contributed by atoms with Crippen LogP contribution in [0.5, 0.6) is 11.5 Å². The number of carbonyl (C=O) groups is 2. The average molecular weight is 369 g/mol. The smallest absolute Gasteiger partial charge is 0.321 e. The van der Waals surface area contributed by atoms with E-state index in [2.05, 4.69) is 10.6 Å². The van der Waals surface area contributed by atoms with Crippen molar-refractivity contribution in [2.75, 3.05) is 37.5 Å². The Hall–Kier alpha value is -3.22. The van der Waals surface area contributed by atoms with Gasteiger partial charge in [0.2, 0.25) is 5.91 Å². The number of hydrogen-bond donors (Lipinski definition) is 2. The minimum absolute atomic E-state index is 0.0801. The highest BCUT2D eigenvalue weighted by atomic mass is 16.5. The van der Waals surface area contributed by atoms with E-state index in [1.165, 1.54) is 0 Å². The Morgan fingerprint density at radius 1 is 1.11 bits per heavy atom. The molecule has 7 nitrogen and oxygen atoms in total. The van der Waals surface area contributed by atoms with Gasteiger partial charge in [-0.2, -0.15) is 0 Å². The van der Waals surface area contributed by atoms with E-state index < -0.39 is 0 Å². The van der Waals surface area contributed by atoms with Gasteiger partial charge in [-0.3, -0.25) is 9.69 Å². The standard InChI is InChI=1S/C20H23N3O4/c1-26-17-11-14(12-18(13-17)27-2)3-8-19(24)22-15-4-6-16(7-5-15)23-10-9-21-20(23)25/h4-7,11-13H,3,8-10H2,1-2H3,(H,21,25)(H,22,24). The number of anilines is 2. The van der Waals surface area contributed by atoms with Crippen LogP contribution in [0.25, 0.3) is 0 Å². The molecule has 0 unspecified atom stereocenters. The molecule has 1 aliphatic rings. The molecule has 2 aromatic rings. The van der Waals surface area contributed by atoms with Crippen molar-refractivity contribution in [2.45, 2.75) is 12.8 Å². The fourth-order valence-corrected chi connectivity index (χ4v) is 2.93. The van der Waals surface area contributed by atoms with Crippen molar-refractivity contribution >= 4 is 23.3 Å². The van der Waals surface area contributed by atoms with Gasteiger partial charge in [-0.1, -0.05) is 0 Å². The maximum atomic E-state index is 12.2. The third-order valence-electron chi connectivity index (χ3n) is 4.37. The lowest BCUT2D eigenvalue weighted by molar-refractivity contribution is -0.116. The van der Waals surface area contributed by atoms with Crippen LogP contribution in [0.2, 0.25) is 0 Å². The summed E-state index contributed by atoms with van der Waals surface area (Å²) in [5.74, 6) is 1.32. The van der Waals surface area contributed by atoms with Gasteiger partial charge < -0.3 is 20.1 Å². The molecular formula is C20H23N3O4. The highest BCUT2D eigenvalue weighted by molar-refractivity contribution is 5.95. The van der Waals surface area contributed by atoms with Gasteiger partial charge in [-0.15, -0.1) is 0 Å². The van der Waals surface area contributed by atoms with Crippen molar-refractivity contribution in [3.05, 3.63) is 48.0 Å². The number of methoxy groups -OCH3 is 2. The molecule has 0 saturated carbocycles. The zero-order valence-corrected chi connectivity index (χ0v) is 15.5. The number of rotatable bonds is 7. The first kappa shape index (κ1) is 18.6. The van der Waals surface area contributed by atoms with Gasteiger partial charge in [-0.25, -0.2) is 4.79 Å². The minimum atomic E-state index is -0.0968. The highest BCUT2D eigenvalue weighted by Gasteiger charge is 2.20. The number of carbonyl (C=O) groups excluding carboxylic acids is 2. The maximum Gasteiger partial charge on any atom is 0.321 e. The lowest BCUT2D eigenvalue weighted by atomic mass is 10.1. The molecule has 0 radical (unpaired) electrons. The molecular weight excluding hydrogens is 346 g/mol. The van der Waals surface area contributed by atoms with E-state index in [1.54, 1.807) is 37.3 Å².